The van der Waals surface area contributed by atoms with E-state index in [-0.39, 0.29) is 11.9 Å². The van der Waals surface area contributed by atoms with E-state index in [1.54, 1.807) is 22.9 Å². The predicted molar refractivity (Wildman–Crippen MR) is 138 cm³/mol. The third kappa shape index (κ3) is 4.33. The minimum absolute atomic E-state index is 0.198. The fourth-order valence-corrected chi connectivity index (χ4v) is 5.35. The molecule has 2 aliphatic rings. The molecule has 0 spiro atoms. The Kier molecular flexibility index (Phi) is 5.58. The van der Waals surface area contributed by atoms with E-state index in [2.05, 4.69) is 5.32 Å². The summed E-state index contributed by atoms with van der Waals surface area (Å²) in [5, 5.41) is 9.05. The number of carbonyl (C=O) groups excluding carboxylic acids is 1. The van der Waals surface area contributed by atoms with Crippen LogP contribution in [0.3, 0.4) is 0 Å². The van der Waals surface area contributed by atoms with Crippen molar-refractivity contribution in [3.63, 3.8) is 0 Å². The quantitative estimate of drug-likeness (QED) is 0.321. The summed E-state index contributed by atoms with van der Waals surface area (Å²) in [6.45, 7) is 0. The van der Waals surface area contributed by atoms with Gasteiger partial charge in [0.2, 0.25) is 0 Å². The number of amides is 1. The van der Waals surface area contributed by atoms with E-state index < -0.39 is 5.63 Å². The van der Waals surface area contributed by atoms with E-state index >= 15 is 0 Å². The molecule has 1 aliphatic carbocycles. The fourth-order valence-electron chi connectivity index (χ4n) is 4.47. The number of para-hydroxylation sites is 2. The van der Waals surface area contributed by atoms with Gasteiger partial charge in [0, 0.05) is 17.1 Å². The molecule has 35 heavy (non-hydrogen) atoms. The second-order valence-corrected chi connectivity index (χ2v) is 9.67. The number of aliphatic imine (C=N–C) groups is 1. The molecule has 4 aromatic rings. The van der Waals surface area contributed by atoms with Crippen LogP contribution in [0, 0.1) is 0 Å². The highest BCUT2D eigenvalue weighted by atomic mass is 32.2. The van der Waals surface area contributed by atoms with Crippen molar-refractivity contribution in [2.45, 2.75) is 31.7 Å². The van der Waals surface area contributed by atoms with Gasteiger partial charge in [-0.3, -0.25) is 9.79 Å². The first kappa shape index (κ1) is 21.6. The van der Waals surface area contributed by atoms with Crippen LogP contribution in [0.5, 0.6) is 0 Å². The topological polar surface area (TPSA) is 89.5 Å². The molecule has 2 aromatic heterocycles. The van der Waals surface area contributed by atoms with Gasteiger partial charge in [0.15, 0.2) is 5.17 Å². The number of amidine groups is 1. The Morgan fingerprint density at radius 3 is 2.66 bits per heavy atom. The van der Waals surface area contributed by atoms with E-state index in [1.807, 2.05) is 54.7 Å². The minimum Gasteiger partial charge on any atom is -0.422 e. The molecule has 7 nitrogen and oxygen atoms in total. The summed E-state index contributed by atoms with van der Waals surface area (Å²) in [5.41, 5.74) is 2.33. The smallest absolute Gasteiger partial charge is 0.345 e. The molecule has 3 heterocycles. The molecule has 6 rings (SSSR count). The van der Waals surface area contributed by atoms with Gasteiger partial charge in [-0.25, -0.2) is 9.48 Å². The Balaban J connectivity index is 1.45. The summed E-state index contributed by atoms with van der Waals surface area (Å²) < 4.78 is 7.28. The maximum Gasteiger partial charge on any atom is 0.345 e. The number of aromatic nitrogens is 2. The third-order valence-electron chi connectivity index (χ3n) is 6.22. The van der Waals surface area contributed by atoms with Gasteiger partial charge in [-0.2, -0.15) is 5.10 Å². The first-order chi connectivity index (χ1) is 17.1. The molecule has 174 valence electrons. The standard InChI is InChI=1S/C27H22N4O3S/c32-25-23(35-27(29-25)28-19-9-5-6-10-19)15-18-16-31(20-11-2-1-3-12-20)30-24(18)21-14-17-8-4-7-13-22(17)34-26(21)33/h1-4,7-8,11-16,19H,5-6,9-10H2,(H,28,29,32). The Bertz CT molecular complexity index is 1550. The third-order valence-corrected chi connectivity index (χ3v) is 7.15. The highest BCUT2D eigenvalue weighted by Crippen LogP contribution is 2.32. The second kappa shape index (κ2) is 9.03. The average Bonchev–Trinajstić information content (AvgIpc) is 3.61. The number of hydrogen-bond acceptors (Lipinski definition) is 6. The lowest BCUT2D eigenvalue weighted by Crippen LogP contribution is -2.21. The molecular weight excluding hydrogens is 460 g/mol. The van der Waals surface area contributed by atoms with Gasteiger partial charge in [0.1, 0.15) is 11.3 Å². The molecule has 1 aliphatic heterocycles. The van der Waals surface area contributed by atoms with Crippen LogP contribution in [-0.2, 0) is 4.79 Å². The summed E-state index contributed by atoms with van der Waals surface area (Å²) in [6, 6.07) is 19.1. The number of nitrogens with one attached hydrogen (secondary N) is 1. The molecule has 1 saturated carbocycles. The van der Waals surface area contributed by atoms with Crippen LogP contribution in [-0.4, -0.2) is 26.9 Å². The molecule has 1 amide bonds. The number of nitrogens with zero attached hydrogens (tertiary/aromatic N) is 3. The lowest BCUT2D eigenvalue weighted by Gasteiger charge is -2.02. The second-order valence-electron chi connectivity index (χ2n) is 8.64. The van der Waals surface area contributed by atoms with E-state index in [0.717, 1.165) is 23.9 Å². The van der Waals surface area contributed by atoms with Crippen molar-refractivity contribution in [1.82, 2.24) is 15.1 Å². The molecule has 8 heteroatoms. The fraction of sp³-hybridized carbons (Fsp3) is 0.185. The number of fused-ring (bicyclic) bond motifs is 1. The molecule has 0 unspecified atom stereocenters. The minimum atomic E-state index is -0.478. The van der Waals surface area contributed by atoms with Gasteiger partial charge < -0.3 is 9.73 Å². The van der Waals surface area contributed by atoms with Crippen molar-refractivity contribution in [2.75, 3.05) is 0 Å². The van der Waals surface area contributed by atoms with Crippen LogP contribution in [0.4, 0.5) is 0 Å². The van der Waals surface area contributed by atoms with Crippen molar-refractivity contribution in [3.8, 4) is 16.9 Å². The maximum atomic E-state index is 12.9. The van der Waals surface area contributed by atoms with Crippen LogP contribution in [0.25, 0.3) is 34.0 Å². The van der Waals surface area contributed by atoms with Crippen LogP contribution in [0.2, 0.25) is 0 Å². The van der Waals surface area contributed by atoms with Gasteiger partial charge in [-0.1, -0.05) is 49.2 Å². The van der Waals surface area contributed by atoms with Crippen LogP contribution >= 0.6 is 11.8 Å². The number of carbonyl (C=O) groups is 1. The van der Waals surface area contributed by atoms with Crippen molar-refractivity contribution in [1.29, 1.82) is 0 Å². The molecular formula is C27H22N4O3S. The van der Waals surface area contributed by atoms with E-state index in [4.69, 9.17) is 14.5 Å². The van der Waals surface area contributed by atoms with Gasteiger partial charge >= 0.3 is 5.63 Å². The zero-order chi connectivity index (χ0) is 23.8. The summed E-state index contributed by atoms with van der Waals surface area (Å²) >= 11 is 1.33. The van der Waals surface area contributed by atoms with E-state index in [1.165, 1.54) is 24.6 Å². The SMILES string of the molecule is O=C1NC(=NC2CCCC2)SC1=Cc1cn(-c2ccccc2)nc1-c1cc2ccccc2oc1=O. The monoisotopic (exact) mass is 482 g/mol. The van der Waals surface area contributed by atoms with Crippen molar-refractivity contribution >= 4 is 39.9 Å². The first-order valence-electron chi connectivity index (χ1n) is 11.6. The van der Waals surface area contributed by atoms with Crippen LogP contribution in [0.15, 0.2) is 86.0 Å². The van der Waals surface area contributed by atoms with E-state index in [9.17, 15) is 9.59 Å². The van der Waals surface area contributed by atoms with E-state index in [0.29, 0.717) is 32.5 Å². The zero-order valence-corrected chi connectivity index (χ0v) is 19.6. The largest absolute Gasteiger partial charge is 0.422 e. The molecule has 0 bridgehead atoms. The summed E-state index contributed by atoms with van der Waals surface area (Å²) in [7, 11) is 0. The first-order valence-corrected chi connectivity index (χ1v) is 12.4. The predicted octanol–water partition coefficient (Wildman–Crippen LogP) is 5.15. The highest BCUT2D eigenvalue weighted by molar-refractivity contribution is 8.18. The van der Waals surface area contributed by atoms with Gasteiger partial charge in [0.05, 0.1) is 22.2 Å². The van der Waals surface area contributed by atoms with Gasteiger partial charge in [-0.15, -0.1) is 0 Å². The molecule has 1 saturated heterocycles. The highest BCUT2D eigenvalue weighted by Gasteiger charge is 2.27. The van der Waals surface area contributed by atoms with Crippen LogP contribution in [0.1, 0.15) is 31.2 Å². The molecule has 1 N–H and O–H groups in total. The van der Waals surface area contributed by atoms with Crippen molar-refractivity contribution in [2.24, 2.45) is 4.99 Å². The molecule has 2 aromatic carbocycles. The average molecular weight is 483 g/mol. The number of rotatable bonds is 4. The van der Waals surface area contributed by atoms with Crippen LogP contribution < -0.4 is 10.9 Å². The normalized spacial score (nSPS) is 18.7. The molecule has 0 atom stereocenters. The van der Waals surface area contributed by atoms with Gasteiger partial charge in [-0.05, 0) is 54.9 Å². The Labute approximate surface area is 205 Å². The number of thioether (sulfide) groups is 1. The summed E-state index contributed by atoms with van der Waals surface area (Å²) in [6.07, 6.45) is 8.08. The number of benzene rings is 2. The van der Waals surface area contributed by atoms with Crippen molar-refractivity contribution in [3.05, 3.63) is 87.7 Å². The molecule has 0 radical (unpaired) electrons. The zero-order valence-electron chi connectivity index (χ0n) is 18.8. The Hall–Kier alpha value is -3.91. The number of hydrogen-bond donors (Lipinski definition) is 1. The van der Waals surface area contributed by atoms with Crippen molar-refractivity contribution < 1.29 is 9.21 Å². The summed E-state index contributed by atoms with van der Waals surface area (Å²) in [4.78, 5) is 30.9. The lowest BCUT2D eigenvalue weighted by molar-refractivity contribution is -0.115. The molecule has 2 fully saturated rings. The maximum absolute atomic E-state index is 12.9. The Morgan fingerprint density at radius 1 is 1.06 bits per heavy atom. The summed E-state index contributed by atoms with van der Waals surface area (Å²) in [5.74, 6) is -0.198. The Morgan fingerprint density at radius 2 is 1.83 bits per heavy atom. The van der Waals surface area contributed by atoms with Gasteiger partial charge in [0.25, 0.3) is 5.91 Å². The lowest BCUT2D eigenvalue weighted by atomic mass is 10.1.